The van der Waals surface area contributed by atoms with Gasteiger partial charge in [-0.3, -0.25) is 4.68 Å². The van der Waals surface area contributed by atoms with E-state index in [1.807, 2.05) is 0 Å². The van der Waals surface area contributed by atoms with Crippen LogP contribution in [0.25, 0.3) is 0 Å². The summed E-state index contributed by atoms with van der Waals surface area (Å²) in [6.45, 7) is 5.37. The number of hydrogen-bond donors (Lipinski definition) is 1. The van der Waals surface area contributed by atoms with Gasteiger partial charge in [-0.1, -0.05) is 13.3 Å². The first-order valence-corrected chi connectivity index (χ1v) is 8.11. The van der Waals surface area contributed by atoms with E-state index in [0.717, 1.165) is 31.3 Å². The van der Waals surface area contributed by atoms with Crippen LogP contribution in [-0.4, -0.2) is 21.9 Å². The van der Waals surface area contributed by atoms with Crippen LogP contribution in [0, 0.1) is 5.92 Å². The zero-order chi connectivity index (χ0) is 13.2. The number of piperidine rings is 1. The van der Waals surface area contributed by atoms with Crippen LogP contribution in [0.1, 0.15) is 57.3 Å². The van der Waals surface area contributed by atoms with E-state index in [0.29, 0.717) is 6.04 Å². The van der Waals surface area contributed by atoms with Gasteiger partial charge in [-0.25, -0.2) is 0 Å². The normalized spacial score (nSPS) is 30.5. The molecule has 19 heavy (non-hydrogen) atoms. The van der Waals surface area contributed by atoms with Crippen molar-refractivity contribution in [2.24, 2.45) is 5.92 Å². The predicted molar refractivity (Wildman–Crippen MR) is 78.3 cm³/mol. The lowest BCUT2D eigenvalue weighted by Gasteiger charge is -2.33. The molecule has 1 aromatic rings. The van der Waals surface area contributed by atoms with Gasteiger partial charge in [0, 0.05) is 30.7 Å². The smallest absolute Gasteiger partial charge is 0.0624 e. The molecule has 3 rings (SSSR count). The summed E-state index contributed by atoms with van der Waals surface area (Å²) in [5.74, 6) is 0.971. The average molecular weight is 261 g/mol. The molecule has 1 saturated heterocycles. The molecule has 3 nitrogen and oxygen atoms in total. The van der Waals surface area contributed by atoms with Crippen LogP contribution in [0.5, 0.6) is 0 Å². The third-order valence-electron chi connectivity index (χ3n) is 5.03. The Hall–Kier alpha value is -0.830. The highest BCUT2D eigenvalue weighted by atomic mass is 15.3. The number of fused-ring (bicyclic) bond motifs is 1. The molecule has 1 aliphatic heterocycles. The molecular formula is C16H27N3. The third-order valence-corrected chi connectivity index (χ3v) is 5.03. The molecule has 2 fully saturated rings. The van der Waals surface area contributed by atoms with Crippen LogP contribution in [0.15, 0.2) is 6.07 Å². The van der Waals surface area contributed by atoms with Gasteiger partial charge < -0.3 is 5.32 Å². The van der Waals surface area contributed by atoms with E-state index in [1.165, 1.54) is 43.5 Å². The molecule has 1 N–H and O–H groups in total. The Balaban J connectivity index is 1.66. The minimum absolute atomic E-state index is 0.672. The summed E-state index contributed by atoms with van der Waals surface area (Å²) in [5, 5.41) is 8.57. The van der Waals surface area contributed by atoms with Gasteiger partial charge in [0.25, 0.3) is 0 Å². The van der Waals surface area contributed by atoms with Crippen LogP contribution in [0.3, 0.4) is 0 Å². The van der Waals surface area contributed by atoms with E-state index in [4.69, 9.17) is 0 Å². The zero-order valence-electron chi connectivity index (χ0n) is 12.4. The number of aromatic nitrogens is 2. The highest BCUT2D eigenvalue weighted by molar-refractivity contribution is 5.12. The maximum absolute atomic E-state index is 4.67. The van der Waals surface area contributed by atoms with E-state index in [1.54, 1.807) is 0 Å². The Kier molecular flexibility index (Phi) is 3.92. The molecule has 0 aromatic carbocycles. The molecule has 1 saturated carbocycles. The number of nitrogens with zero attached hydrogens (tertiary/aromatic N) is 2. The number of hydrogen-bond acceptors (Lipinski definition) is 2. The molecule has 1 aromatic heterocycles. The summed E-state index contributed by atoms with van der Waals surface area (Å²) in [4.78, 5) is 0. The molecule has 3 heteroatoms. The fourth-order valence-corrected chi connectivity index (χ4v) is 3.94. The van der Waals surface area contributed by atoms with E-state index < -0.39 is 0 Å². The van der Waals surface area contributed by atoms with E-state index in [9.17, 15) is 0 Å². The minimum atomic E-state index is 0.672. The van der Waals surface area contributed by atoms with Crippen molar-refractivity contribution in [2.45, 2.75) is 77.4 Å². The average Bonchev–Trinajstić information content (AvgIpc) is 3.04. The zero-order valence-corrected chi connectivity index (χ0v) is 12.4. The lowest BCUT2D eigenvalue weighted by atomic mass is 9.88. The summed E-state index contributed by atoms with van der Waals surface area (Å²) < 4.78 is 2.20. The predicted octanol–water partition coefficient (Wildman–Crippen LogP) is 2.93. The summed E-state index contributed by atoms with van der Waals surface area (Å²) in [7, 11) is 0. The Morgan fingerprint density at radius 2 is 2.16 bits per heavy atom. The first-order chi connectivity index (χ1) is 9.30. The highest BCUT2D eigenvalue weighted by Gasteiger charge is 2.33. The molecule has 2 heterocycles. The minimum Gasteiger partial charge on any atom is -0.311 e. The number of aryl methyl sites for hydroxylation is 2. The SMILES string of the molecule is CCc1cc(CC2CCC3CCCC3N2)n(CC)n1. The Morgan fingerprint density at radius 3 is 2.95 bits per heavy atom. The van der Waals surface area contributed by atoms with Gasteiger partial charge >= 0.3 is 0 Å². The van der Waals surface area contributed by atoms with Crippen LogP contribution < -0.4 is 5.32 Å². The lowest BCUT2D eigenvalue weighted by molar-refractivity contribution is 0.255. The van der Waals surface area contributed by atoms with Crippen LogP contribution in [0.2, 0.25) is 0 Å². The Morgan fingerprint density at radius 1 is 1.26 bits per heavy atom. The summed E-state index contributed by atoms with van der Waals surface area (Å²) >= 11 is 0. The quantitative estimate of drug-likeness (QED) is 0.903. The van der Waals surface area contributed by atoms with Crippen molar-refractivity contribution < 1.29 is 0 Å². The summed E-state index contributed by atoms with van der Waals surface area (Å²) in [6, 6.07) is 3.79. The van der Waals surface area contributed by atoms with Gasteiger partial charge in [-0.15, -0.1) is 0 Å². The Labute approximate surface area is 116 Å². The number of nitrogens with one attached hydrogen (secondary N) is 1. The Bertz CT molecular complexity index is 424. The fraction of sp³-hybridized carbons (Fsp3) is 0.812. The largest absolute Gasteiger partial charge is 0.311 e. The van der Waals surface area contributed by atoms with Crippen LogP contribution in [0.4, 0.5) is 0 Å². The first-order valence-electron chi connectivity index (χ1n) is 8.11. The van der Waals surface area contributed by atoms with Gasteiger partial charge in [0.05, 0.1) is 5.69 Å². The molecule has 0 spiro atoms. The van der Waals surface area contributed by atoms with Crippen molar-refractivity contribution in [1.82, 2.24) is 15.1 Å². The van der Waals surface area contributed by atoms with E-state index in [2.05, 4.69) is 35.0 Å². The molecule has 3 atom stereocenters. The topological polar surface area (TPSA) is 29.9 Å². The number of rotatable bonds is 4. The highest BCUT2D eigenvalue weighted by Crippen LogP contribution is 2.34. The molecule has 3 unspecified atom stereocenters. The summed E-state index contributed by atoms with van der Waals surface area (Å²) in [6.07, 6.45) is 9.27. The second-order valence-electron chi connectivity index (χ2n) is 6.24. The van der Waals surface area contributed by atoms with Crippen LogP contribution in [-0.2, 0) is 19.4 Å². The van der Waals surface area contributed by atoms with Crippen molar-refractivity contribution in [3.8, 4) is 0 Å². The molecule has 0 radical (unpaired) electrons. The van der Waals surface area contributed by atoms with Crippen molar-refractivity contribution in [3.05, 3.63) is 17.5 Å². The van der Waals surface area contributed by atoms with Crippen LogP contribution >= 0.6 is 0 Å². The van der Waals surface area contributed by atoms with Crippen molar-refractivity contribution in [2.75, 3.05) is 0 Å². The van der Waals surface area contributed by atoms with E-state index in [-0.39, 0.29) is 0 Å². The molecule has 0 amide bonds. The van der Waals surface area contributed by atoms with Gasteiger partial charge in [-0.2, -0.15) is 5.10 Å². The maximum Gasteiger partial charge on any atom is 0.0624 e. The second kappa shape index (κ2) is 5.66. The fourth-order valence-electron chi connectivity index (χ4n) is 3.94. The summed E-state index contributed by atoms with van der Waals surface area (Å²) in [5.41, 5.74) is 2.67. The van der Waals surface area contributed by atoms with Gasteiger partial charge in [-0.05, 0) is 51.0 Å². The molecule has 0 bridgehead atoms. The first kappa shape index (κ1) is 13.2. The molecule has 106 valence electrons. The van der Waals surface area contributed by atoms with Gasteiger partial charge in [0.2, 0.25) is 0 Å². The monoisotopic (exact) mass is 261 g/mol. The van der Waals surface area contributed by atoms with E-state index >= 15 is 0 Å². The molecule has 1 aliphatic carbocycles. The van der Waals surface area contributed by atoms with Crippen molar-refractivity contribution in [1.29, 1.82) is 0 Å². The molecular weight excluding hydrogens is 234 g/mol. The standard InChI is InChI=1S/C16H27N3/c1-3-13-10-15(19(4-2)18-13)11-14-9-8-12-6-5-7-16(12)17-14/h10,12,14,16-17H,3-9,11H2,1-2H3. The lowest BCUT2D eigenvalue weighted by Crippen LogP contribution is -2.46. The van der Waals surface area contributed by atoms with Crippen molar-refractivity contribution >= 4 is 0 Å². The maximum atomic E-state index is 4.67. The van der Waals surface area contributed by atoms with Gasteiger partial charge in [0.1, 0.15) is 0 Å². The second-order valence-corrected chi connectivity index (χ2v) is 6.24. The molecule has 2 aliphatic rings. The third kappa shape index (κ3) is 2.71. The van der Waals surface area contributed by atoms with Gasteiger partial charge in [0.15, 0.2) is 0 Å². The van der Waals surface area contributed by atoms with Crippen molar-refractivity contribution in [3.63, 3.8) is 0 Å².